The Morgan fingerprint density at radius 1 is 1.13 bits per heavy atom. The molecular formula is C17H12ClNO4. The van der Waals surface area contributed by atoms with Crippen molar-refractivity contribution in [1.82, 2.24) is 4.57 Å². The maximum absolute atomic E-state index is 12.7. The number of methoxy groups -OCH3 is 1. The Hall–Kier alpha value is -2.79. The number of carbonyl (C=O) groups excluding carboxylic acids is 1. The van der Waals surface area contributed by atoms with E-state index < -0.39 is 5.97 Å². The summed E-state index contributed by atoms with van der Waals surface area (Å²) >= 11 is 5.83. The Balaban J connectivity index is 2.19. The van der Waals surface area contributed by atoms with E-state index in [1.54, 1.807) is 42.5 Å². The number of benzene rings is 2. The molecule has 0 radical (unpaired) electrons. The van der Waals surface area contributed by atoms with Crippen LogP contribution in [0.25, 0.3) is 10.9 Å². The number of carbonyl (C=O) groups is 2. The van der Waals surface area contributed by atoms with Gasteiger partial charge in [0.25, 0.3) is 5.91 Å². The number of aromatic nitrogens is 1. The smallest absolute Gasteiger partial charge is 0.337 e. The molecule has 0 atom stereocenters. The van der Waals surface area contributed by atoms with Gasteiger partial charge in [0.1, 0.15) is 5.75 Å². The van der Waals surface area contributed by atoms with Gasteiger partial charge in [0, 0.05) is 22.2 Å². The highest BCUT2D eigenvalue weighted by Gasteiger charge is 2.19. The molecule has 1 heterocycles. The molecule has 3 aromatic rings. The van der Waals surface area contributed by atoms with E-state index in [4.69, 9.17) is 16.3 Å². The van der Waals surface area contributed by atoms with E-state index in [2.05, 4.69) is 0 Å². The molecule has 23 heavy (non-hydrogen) atoms. The second-order valence-corrected chi connectivity index (χ2v) is 5.35. The molecule has 0 bridgehead atoms. The average molecular weight is 330 g/mol. The number of carboxylic acids is 1. The molecule has 6 heteroatoms. The van der Waals surface area contributed by atoms with Crippen molar-refractivity contribution in [2.75, 3.05) is 7.11 Å². The summed E-state index contributed by atoms with van der Waals surface area (Å²) in [6.45, 7) is 0. The summed E-state index contributed by atoms with van der Waals surface area (Å²) < 4.78 is 6.44. The minimum Gasteiger partial charge on any atom is -0.497 e. The summed E-state index contributed by atoms with van der Waals surface area (Å²) in [6.07, 6.45) is 1.32. The molecule has 0 aliphatic rings. The molecule has 0 saturated carbocycles. The van der Waals surface area contributed by atoms with E-state index in [9.17, 15) is 14.7 Å². The lowest BCUT2D eigenvalue weighted by atomic mass is 10.1. The van der Waals surface area contributed by atoms with Crippen LogP contribution in [0.2, 0.25) is 5.02 Å². The lowest BCUT2D eigenvalue weighted by molar-refractivity contribution is 0.0699. The van der Waals surface area contributed by atoms with Crippen molar-refractivity contribution in [3.63, 3.8) is 0 Å². The first-order valence-corrected chi connectivity index (χ1v) is 7.11. The van der Waals surface area contributed by atoms with Crippen LogP contribution < -0.4 is 4.74 Å². The highest BCUT2D eigenvalue weighted by molar-refractivity contribution is 6.30. The van der Waals surface area contributed by atoms with E-state index in [0.29, 0.717) is 27.2 Å². The van der Waals surface area contributed by atoms with E-state index in [1.165, 1.54) is 17.9 Å². The number of aromatic carboxylic acids is 1. The molecule has 2 aromatic carbocycles. The fourth-order valence-corrected chi connectivity index (χ4v) is 2.53. The molecule has 1 N–H and O–H groups in total. The Kier molecular flexibility index (Phi) is 3.80. The third-order valence-electron chi connectivity index (χ3n) is 3.55. The number of carboxylic acid groups (broad SMARTS) is 1. The molecule has 0 aliphatic carbocycles. The monoisotopic (exact) mass is 329 g/mol. The zero-order valence-electron chi connectivity index (χ0n) is 12.1. The Morgan fingerprint density at radius 3 is 2.43 bits per heavy atom. The summed E-state index contributed by atoms with van der Waals surface area (Å²) in [7, 11) is 1.50. The fraction of sp³-hybridized carbons (Fsp3) is 0.0588. The van der Waals surface area contributed by atoms with Crippen LogP contribution in [-0.2, 0) is 0 Å². The minimum atomic E-state index is -1.11. The third kappa shape index (κ3) is 2.66. The van der Waals surface area contributed by atoms with Gasteiger partial charge in [-0.1, -0.05) is 11.6 Å². The minimum absolute atomic E-state index is 0.0428. The number of rotatable bonds is 3. The van der Waals surface area contributed by atoms with Crippen molar-refractivity contribution in [3.05, 3.63) is 64.8 Å². The zero-order valence-corrected chi connectivity index (χ0v) is 12.9. The first kappa shape index (κ1) is 15.1. The first-order valence-electron chi connectivity index (χ1n) is 6.74. The lowest BCUT2D eigenvalue weighted by Crippen LogP contribution is -2.10. The summed E-state index contributed by atoms with van der Waals surface area (Å²) in [5.74, 6) is -0.910. The van der Waals surface area contributed by atoms with Crippen molar-refractivity contribution in [2.24, 2.45) is 0 Å². The highest BCUT2D eigenvalue weighted by atomic mass is 35.5. The maximum atomic E-state index is 12.7. The van der Waals surface area contributed by atoms with Gasteiger partial charge in [-0.25, -0.2) is 4.79 Å². The van der Waals surface area contributed by atoms with Gasteiger partial charge >= 0.3 is 5.97 Å². The van der Waals surface area contributed by atoms with Crippen LogP contribution >= 0.6 is 11.6 Å². The van der Waals surface area contributed by atoms with Gasteiger partial charge in [0.2, 0.25) is 0 Å². The normalized spacial score (nSPS) is 10.7. The van der Waals surface area contributed by atoms with Crippen LogP contribution in [0.1, 0.15) is 20.7 Å². The first-order chi connectivity index (χ1) is 11.0. The number of hydrogen-bond acceptors (Lipinski definition) is 3. The number of nitrogens with zero attached hydrogens (tertiary/aromatic N) is 1. The molecule has 0 fully saturated rings. The van der Waals surface area contributed by atoms with Gasteiger partial charge < -0.3 is 9.84 Å². The number of halogens is 1. The maximum Gasteiger partial charge on any atom is 0.337 e. The molecule has 116 valence electrons. The van der Waals surface area contributed by atoms with Gasteiger partial charge in [-0.15, -0.1) is 0 Å². The molecule has 0 aliphatic heterocycles. The van der Waals surface area contributed by atoms with Crippen LogP contribution in [0, 0.1) is 0 Å². The van der Waals surface area contributed by atoms with Gasteiger partial charge in [-0.05, 0) is 42.5 Å². The van der Waals surface area contributed by atoms with E-state index in [-0.39, 0.29) is 11.5 Å². The fourth-order valence-electron chi connectivity index (χ4n) is 2.41. The Morgan fingerprint density at radius 2 is 1.83 bits per heavy atom. The van der Waals surface area contributed by atoms with Crippen LogP contribution in [0.5, 0.6) is 5.75 Å². The van der Waals surface area contributed by atoms with Crippen molar-refractivity contribution < 1.29 is 19.4 Å². The van der Waals surface area contributed by atoms with Gasteiger partial charge in [-0.3, -0.25) is 9.36 Å². The van der Waals surface area contributed by atoms with Gasteiger partial charge in [0.05, 0.1) is 18.2 Å². The average Bonchev–Trinajstić information content (AvgIpc) is 2.93. The molecular weight excluding hydrogens is 318 g/mol. The summed E-state index contributed by atoms with van der Waals surface area (Å²) in [5.41, 5.74) is 0.962. The van der Waals surface area contributed by atoms with Crippen molar-refractivity contribution >= 4 is 34.4 Å². The largest absolute Gasteiger partial charge is 0.497 e. The number of hydrogen-bond donors (Lipinski definition) is 1. The Bertz CT molecular complexity index is 912. The van der Waals surface area contributed by atoms with Crippen LogP contribution in [0.3, 0.4) is 0 Å². The van der Waals surface area contributed by atoms with E-state index >= 15 is 0 Å². The number of ether oxygens (including phenoxy) is 1. The predicted octanol–water partition coefficient (Wildman–Crippen LogP) is 3.69. The SMILES string of the molecule is COc1ccc2c(c1)c(C(=O)O)cn2C(=O)c1ccc(Cl)cc1. The van der Waals surface area contributed by atoms with Crippen molar-refractivity contribution in [2.45, 2.75) is 0 Å². The van der Waals surface area contributed by atoms with Gasteiger partial charge in [0.15, 0.2) is 0 Å². The molecule has 3 rings (SSSR count). The van der Waals surface area contributed by atoms with E-state index in [0.717, 1.165) is 0 Å². The summed E-state index contributed by atoms with van der Waals surface area (Å²) in [4.78, 5) is 24.1. The topological polar surface area (TPSA) is 68.5 Å². The standard InChI is InChI=1S/C17H12ClNO4/c1-23-12-6-7-15-13(8-12)14(17(21)22)9-19(15)16(20)10-2-4-11(18)5-3-10/h2-9H,1H3,(H,21,22). The predicted molar refractivity (Wildman–Crippen MR) is 86.6 cm³/mol. The van der Waals surface area contributed by atoms with Crippen molar-refractivity contribution in [3.8, 4) is 5.75 Å². The molecule has 0 unspecified atom stereocenters. The van der Waals surface area contributed by atoms with Crippen LogP contribution in [-0.4, -0.2) is 28.7 Å². The number of fused-ring (bicyclic) bond motifs is 1. The zero-order chi connectivity index (χ0) is 16.6. The second kappa shape index (κ2) is 5.78. The Labute approximate surface area is 136 Å². The van der Waals surface area contributed by atoms with Crippen LogP contribution in [0.4, 0.5) is 0 Å². The van der Waals surface area contributed by atoms with E-state index in [1.807, 2.05) is 0 Å². The molecule has 0 amide bonds. The lowest BCUT2D eigenvalue weighted by Gasteiger charge is -2.05. The summed E-state index contributed by atoms with van der Waals surface area (Å²) in [6, 6.07) is 11.4. The summed E-state index contributed by atoms with van der Waals surface area (Å²) in [5, 5.41) is 10.3. The van der Waals surface area contributed by atoms with Crippen LogP contribution in [0.15, 0.2) is 48.7 Å². The van der Waals surface area contributed by atoms with Crippen molar-refractivity contribution in [1.29, 1.82) is 0 Å². The molecule has 0 saturated heterocycles. The third-order valence-corrected chi connectivity index (χ3v) is 3.80. The highest BCUT2D eigenvalue weighted by Crippen LogP contribution is 2.27. The molecule has 5 nitrogen and oxygen atoms in total. The molecule has 0 spiro atoms. The quantitative estimate of drug-likeness (QED) is 0.795. The molecule has 1 aromatic heterocycles. The van der Waals surface area contributed by atoms with Gasteiger partial charge in [-0.2, -0.15) is 0 Å². The second-order valence-electron chi connectivity index (χ2n) is 4.91.